The first-order valence-electron chi connectivity index (χ1n) is 25.6. The minimum atomic E-state index is -0.589. The molecule has 0 fully saturated rings. The van der Waals surface area contributed by atoms with Gasteiger partial charge in [0.1, 0.15) is 17.3 Å². The quantitative estimate of drug-likeness (QED) is 0.107. The molecule has 0 bridgehead atoms. The van der Waals surface area contributed by atoms with Gasteiger partial charge < -0.3 is 18.6 Å². The Labute approximate surface area is 406 Å². The monoisotopic (exact) mass is 1030 g/mol. The molecule has 6 nitrogen and oxygen atoms in total. The van der Waals surface area contributed by atoms with Gasteiger partial charge in [0.05, 0.1) is 30.4 Å². The summed E-state index contributed by atoms with van der Waals surface area (Å²) in [6.07, 6.45) is 5.25. The van der Waals surface area contributed by atoms with E-state index in [2.05, 4.69) is 62.0 Å². The second-order valence-corrected chi connectivity index (χ2v) is 16.1. The third kappa shape index (κ3) is 7.92. The molecule has 8 aromatic carbocycles. The molecule has 0 saturated carbocycles. The first-order valence-corrected chi connectivity index (χ1v) is 20.6. The molecule has 0 spiro atoms. The van der Waals surface area contributed by atoms with E-state index in [1.54, 1.807) is 63.7 Å². The largest absolute Gasteiger partial charge is 0.510 e. The van der Waals surface area contributed by atoms with Gasteiger partial charge in [-0.2, -0.15) is 18.2 Å². The van der Waals surface area contributed by atoms with Crippen molar-refractivity contribution in [2.75, 3.05) is 0 Å². The number of para-hydroxylation sites is 3. The molecule has 0 radical (unpaired) electrons. The normalized spacial score (nSPS) is 13.6. The van der Waals surface area contributed by atoms with Crippen LogP contribution in [0.5, 0.6) is 23.0 Å². The van der Waals surface area contributed by atoms with Gasteiger partial charge in [0.25, 0.3) is 6.33 Å². The van der Waals surface area contributed by atoms with Gasteiger partial charge in [0.15, 0.2) is 0 Å². The number of hydrogen-bond acceptors (Lipinski definition) is 3. The number of hydrogen-bond donors (Lipinski definition) is 0. The van der Waals surface area contributed by atoms with Gasteiger partial charge in [-0.25, -0.2) is 4.98 Å². The van der Waals surface area contributed by atoms with Crippen LogP contribution in [0.2, 0.25) is 0 Å². The average molecular weight is 1030 g/mol. The third-order valence-corrected chi connectivity index (χ3v) is 11.0. The summed E-state index contributed by atoms with van der Waals surface area (Å²) >= 11 is 0. The molecule has 11 rings (SSSR count). The van der Waals surface area contributed by atoms with E-state index in [4.69, 9.17) is 28.2 Å². The van der Waals surface area contributed by atoms with Crippen LogP contribution in [0.4, 0.5) is 0 Å². The van der Waals surface area contributed by atoms with Gasteiger partial charge in [-0.15, -0.1) is 29.7 Å². The molecule has 0 atom stereocenters. The van der Waals surface area contributed by atoms with Crippen LogP contribution >= 0.6 is 0 Å². The second kappa shape index (κ2) is 17.2. The number of nitrogens with zero attached hydrogens (tertiary/aromatic N) is 4. The zero-order chi connectivity index (χ0) is 51.9. The summed E-state index contributed by atoms with van der Waals surface area (Å²) < 4.78 is 106. The maximum absolute atomic E-state index is 9.10. The maximum Gasteiger partial charge on any atom is 0.268 e. The molecule has 7 heteroatoms. The van der Waals surface area contributed by atoms with E-state index in [1.807, 2.05) is 66.9 Å². The average Bonchev–Trinajstić information content (AvgIpc) is 3.98. The minimum Gasteiger partial charge on any atom is -0.510 e. The van der Waals surface area contributed by atoms with Gasteiger partial charge in [0.2, 0.25) is 0 Å². The topological polar surface area (TPSA) is 45.1 Å². The van der Waals surface area contributed by atoms with Crippen molar-refractivity contribution in [2.45, 2.75) is 26.2 Å². The van der Waals surface area contributed by atoms with Crippen LogP contribution in [0.1, 0.15) is 40.0 Å². The first kappa shape index (κ1) is 31.3. The molecule has 0 aliphatic rings. The molecule has 0 unspecified atom stereocenters. The molecule has 0 aliphatic carbocycles. The molecule has 0 amide bonds. The number of rotatable bonds is 9. The van der Waals surface area contributed by atoms with Crippen molar-refractivity contribution in [1.29, 1.82) is 0 Å². The Morgan fingerprint density at radius 1 is 0.600 bits per heavy atom. The summed E-state index contributed by atoms with van der Waals surface area (Å²) in [6, 6.07) is 42.2. The SMILES string of the molecule is [2H]c1c([2H])c([2H])c(-c2cccc(-c3c([2H])c([2H])c([2H])c([2H])c3[2H])c2-[n+]2[c-]n(-c3[c-]c(Oc4[c-]c5c(cc4)c4ccccc4n5-c4cc(C(C)(C)C)ccn4)ccc3)c3cc(Oc4ccccc4)ccc32)c([2H])c1[2H].[Pt]. The van der Waals surface area contributed by atoms with Crippen molar-refractivity contribution in [1.82, 2.24) is 14.1 Å². The van der Waals surface area contributed by atoms with E-state index in [-0.39, 0.29) is 54.4 Å². The van der Waals surface area contributed by atoms with Crippen molar-refractivity contribution in [2.24, 2.45) is 0 Å². The Kier molecular flexibility index (Phi) is 8.30. The minimum absolute atomic E-state index is 0. The summed E-state index contributed by atoms with van der Waals surface area (Å²) in [4.78, 5) is 4.81. The van der Waals surface area contributed by atoms with Crippen molar-refractivity contribution >= 4 is 32.8 Å². The molecule has 0 N–H and O–H groups in total. The smallest absolute Gasteiger partial charge is 0.268 e. The van der Waals surface area contributed by atoms with E-state index < -0.39 is 60.4 Å². The predicted molar refractivity (Wildman–Crippen MR) is 256 cm³/mol. The van der Waals surface area contributed by atoms with Crippen LogP contribution in [0.3, 0.4) is 0 Å². The van der Waals surface area contributed by atoms with Crippen LogP contribution in [-0.4, -0.2) is 14.1 Å². The van der Waals surface area contributed by atoms with Crippen molar-refractivity contribution in [3.05, 3.63) is 224 Å². The Balaban J connectivity index is 0.00000641. The maximum atomic E-state index is 9.10. The number of pyridine rings is 1. The van der Waals surface area contributed by atoms with Crippen molar-refractivity contribution in [3.8, 4) is 62.4 Å². The van der Waals surface area contributed by atoms with Gasteiger partial charge in [-0.3, -0.25) is 4.57 Å². The predicted octanol–water partition coefficient (Wildman–Crippen LogP) is 14.0. The summed E-state index contributed by atoms with van der Waals surface area (Å²) in [5.41, 5.74) is 4.14. The number of ether oxygens (including phenoxy) is 2. The molecule has 0 aliphatic heterocycles. The molecular formula is C58H42N4O2Pt-2. The van der Waals surface area contributed by atoms with E-state index in [0.717, 1.165) is 33.2 Å². The Morgan fingerprint density at radius 2 is 1.29 bits per heavy atom. The van der Waals surface area contributed by atoms with Crippen LogP contribution in [0.15, 0.2) is 200 Å². The first-order chi connectivity index (χ1) is 35.5. The summed E-state index contributed by atoms with van der Waals surface area (Å²) in [6.45, 7) is 6.49. The second-order valence-electron chi connectivity index (χ2n) is 16.1. The Bertz CT molecular complexity index is 3950. The molecule has 3 heterocycles. The molecule has 0 saturated heterocycles. The van der Waals surface area contributed by atoms with E-state index >= 15 is 0 Å². The van der Waals surface area contributed by atoms with Crippen LogP contribution in [0.25, 0.3) is 72.3 Å². The van der Waals surface area contributed by atoms with E-state index in [0.29, 0.717) is 39.7 Å². The molecule has 3 aromatic heterocycles. The number of aromatic nitrogens is 4. The Morgan fingerprint density at radius 3 is 2.03 bits per heavy atom. The van der Waals surface area contributed by atoms with E-state index in [9.17, 15) is 0 Å². The van der Waals surface area contributed by atoms with Crippen LogP contribution < -0.4 is 14.0 Å². The standard InChI is InChI=1S/C58H42N4O2.Pt/c1-58(2,3)42-33-34-59-56(35-42)62-52-28-14-13-25-50(52)51-31-29-46(37-54(51)62)64-45-24-15-21-43(36-45)60-39-61(53-32-30-47(38-55(53)60)63-44-22-11-6-12-23-44)57-48(40-17-7-4-8-18-40)26-16-27-49(57)41-19-9-5-10-20-41;/h4-35,38H,1-3H3;/q-2;/i4D,5D,7D,8D,9D,10D,17D,18D,19D,20D;. The Hall–Kier alpha value is -7.53. The van der Waals surface area contributed by atoms with E-state index in [1.165, 1.54) is 0 Å². The fourth-order valence-corrected chi connectivity index (χ4v) is 8.00. The molecular weight excluding hydrogens is 980 g/mol. The van der Waals surface area contributed by atoms with Crippen molar-refractivity contribution in [3.63, 3.8) is 0 Å². The molecule has 318 valence electrons. The summed E-state index contributed by atoms with van der Waals surface area (Å²) in [5.74, 6) is 2.50. The fourth-order valence-electron chi connectivity index (χ4n) is 8.00. The van der Waals surface area contributed by atoms with Gasteiger partial charge in [0, 0.05) is 44.3 Å². The fraction of sp³-hybridized carbons (Fsp3) is 0.0690. The van der Waals surface area contributed by atoms with Crippen molar-refractivity contribution < 1.29 is 48.8 Å². The molecule has 11 aromatic rings. The number of fused-ring (bicyclic) bond motifs is 4. The summed E-state index contributed by atoms with van der Waals surface area (Å²) in [5, 5.41) is 2.00. The van der Waals surface area contributed by atoms with Gasteiger partial charge in [-0.05, 0) is 92.8 Å². The third-order valence-electron chi connectivity index (χ3n) is 11.0. The number of benzene rings is 8. The zero-order valence-corrected chi connectivity index (χ0v) is 37.5. The zero-order valence-electron chi connectivity index (χ0n) is 45.2. The van der Waals surface area contributed by atoms with Crippen LogP contribution in [0, 0.1) is 18.5 Å². The molecule has 65 heavy (non-hydrogen) atoms. The van der Waals surface area contributed by atoms with Gasteiger partial charge in [-0.1, -0.05) is 141 Å². The summed E-state index contributed by atoms with van der Waals surface area (Å²) in [7, 11) is 0. The van der Waals surface area contributed by atoms with Crippen LogP contribution in [-0.2, 0) is 26.5 Å². The number of imidazole rings is 1. The van der Waals surface area contributed by atoms with Gasteiger partial charge >= 0.3 is 0 Å².